The van der Waals surface area contributed by atoms with Gasteiger partial charge in [0.05, 0.1) is 18.3 Å². The summed E-state index contributed by atoms with van der Waals surface area (Å²) in [6.07, 6.45) is 1.79. The van der Waals surface area contributed by atoms with Crippen molar-refractivity contribution >= 4 is 10.9 Å². The first kappa shape index (κ1) is 12.8. The van der Waals surface area contributed by atoms with Gasteiger partial charge in [-0.05, 0) is 19.2 Å². The van der Waals surface area contributed by atoms with Crippen LogP contribution in [0.5, 0.6) is 5.75 Å². The first-order chi connectivity index (χ1) is 8.61. The Morgan fingerprint density at radius 3 is 2.83 bits per heavy atom. The maximum absolute atomic E-state index is 5.83. The van der Waals surface area contributed by atoms with Crippen LogP contribution in [0.3, 0.4) is 0 Å². The maximum Gasteiger partial charge on any atom is 0.138 e. The van der Waals surface area contributed by atoms with Gasteiger partial charge in [0.25, 0.3) is 0 Å². The molecule has 0 saturated heterocycles. The van der Waals surface area contributed by atoms with E-state index in [0.29, 0.717) is 6.61 Å². The molecular formula is C15H20N2O. The molecule has 2 aromatic rings. The van der Waals surface area contributed by atoms with E-state index in [2.05, 4.69) is 24.1 Å². The van der Waals surface area contributed by atoms with Crippen molar-refractivity contribution < 1.29 is 4.74 Å². The number of nitrogens with zero attached hydrogens (tertiary/aromatic N) is 1. The summed E-state index contributed by atoms with van der Waals surface area (Å²) < 4.78 is 5.83. The molecule has 0 unspecified atom stereocenters. The summed E-state index contributed by atoms with van der Waals surface area (Å²) in [4.78, 5) is 4.39. The molecule has 0 spiro atoms. The molecule has 3 heteroatoms. The molecule has 18 heavy (non-hydrogen) atoms. The van der Waals surface area contributed by atoms with E-state index in [1.807, 2.05) is 37.4 Å². The zero-order valence-electron chi connectivity index (χ0n) is 11.2. The summed E-state index contributed by atoms with van der Waals surface area (Å²) >= 11 is 0. The monoisotopic (exact) mass is 244 g/mol. The highest BCUT2D eigenvalue weighted by Gasteiger charge is 2.17. The van der Waals surface area contributed by atoms with Crippen LogP contribution in [0.1, 0.15) is 13.8 Å². The van der Waals surface area contributed by atoms with Gasteiger partial charge in [-0.1, -0.05) is 32.0 Å². The fourth-order valence-corrected chi connectivity index (χ4v) is 1.94. The van der Waals surface area contributed by atoms with Gasteiger partial charge in [-0.15, -0.1) is 0 Å². The summed E-state index contributed by atoms with van der Waals surface area (Å²) in [5.41, 5.74) is 1.11. The normalized spacial score (nSPS) is 11.7. The van der Waals surface area contributed by atoms with Crippen molar-refractivity contribution in [3.8, 4) is 5.75 Å². The van der Waals surface area contributed by atoms with Gasteiger partial charge < -0.3 is 10.1 Å². The molecule has 0 bridgehead atoms. The van der Waals surface area contributed by atoms with Gasteiger partial charge in [0, 0.05) is 17.3 Å². The molecule has 0 fully saturated rings. The lowest BCUT2D eigenvalue weighted by Crippen LogP contribution is -2.32. The van der Waals surface area contributed by atoms with Gasteiger partial charge in [-0.2, -0.15) is 0 Å². The van der Waals surface area contributed by atoms with Gasteiger partial charge in [-0.3, -0.25) is 4.98 Å². The Morgan fingerprint density at radius 1 is 1.28 bits per heavy atom. The van der Waals surface area contributed by atoms with Crippen molar-refractivity contribution in [2.45, 2.75) is 13.8 Å². The number of pyridine rings is 1. The molecule has 0 radical (unpaired) electrons. The number of aromatic nitrogens is 1. The predicted octanol–water partition coefficient (Wildman–Crippen LogP) is 2.86. The Balaban J connectivity index is 2.08. The highest BCUT2D eigenvalue weighted by molar-refractivity contribution is 5.79. The second kappa shape index (κ2) is 5.36. The lowest BCUT2D eigenvalue weighted by Gasteiger charge is -2.24. The van der Waals surface area contributed by atoms with Crippen LogP contribution in [-0.4, -0.2) is 25.2 Å². The molecule has 0 saturated carbocycles. The molecule has 1 N–H and O–H groups in total. The molecule has 0 amide bonds. The van der Waals surface area contributed by atoms with E-state index in [1.165, 1.54) is 0 Å². The van der Waals surface area contributed by atoms with E-state index in [-0.39, 0.29) is 5.41 Å². The third-order valence-corrected chi connectivity index (χ3v) is 2.85. The zero-order valence-corrected chi connectivity index (χ0v) is 11.2. The largest absolute Gasteiger partial charge is 0.491 e. The number of fused-ring (bicyclic) bond motifs is 1. The fraction of sp³-hybridized carbons (Fsp3) is 0.400. The van der Waals surface area contributed by atoms with E-state index in [1.54, 1.807) is 6.20 Å². The van der Waals surface area contributed by atoms with E-state index in [4.69, 9.17) is 4.74 Å². The molecule has 1 aromatic heterocycles. The average Bonchev–Trinajstić information content (AvgIpc) is 2.36. The molecule has 0 aliphatic heterocycles. The summed E-state index contributed by atoms with van der Waals surface area (Å²) in [7, 11) is 1.96. The molecule has 3 nitrogen and oxygen atoms in total. The fourth-order valence-electron chi connectivity index (χ4n) is 1.94. The van der Waals surface area contributed by atoms with Crippen molar-refractivity contribution in [2.24, 2.45) is 5.41 Å². The van der Waals surface area contributed by atoms with E-state index in [0.717, 1.165) is 23.2 Å². The number of ether oxygens (including phenoxy) is 1. The molecule has 1 heterocycles. The highest BCUT2D eigenvalue weighted by atomic mass is 16.5. The average molecular weight is 244 g/mol. The summed E-state index contributed by atoms with van der Waals surface area (Å²) in [6, 6.07) is 10.1. The SMILES string of the molecule is CNCC(C)(C)COc1cnc2ccccc2c1. The first-order valence-electron chi connectivity index (χ1n) is 6.23. The lowest BCUT2D eigenvalue weighted by molar-refractivity contribution is 0.179. The Labute approximate surface area is 108 Å². The van der Waals surface area contributed by atoms with Crippen LogP contribution in [0.4, 0.5) is 0 Å². The Kier molecular flexibility index (Phi) is 3.82. The Bertz CT molecular complexity index is 523. The number of hydrogen-bond acceptors (Lipinski definition) is 3. The van der Waals surface area contributed by atoms with E-state index in [9.17, 15) is 0 Å². The summed E-state index contributed by atoms with van der Waals surface area (Å²) in [5.74, 6) is 0.831. The smallest absolute Gasteiger partial charge is 0.138 e. The van der Waals surface area contributed by atoms with Crippen molar-refractivity contribution in [1.82, 2.24) is 10.3 Å². The van der Waals surface area contributed by atoms with Crippen LogP contribution < -0.4 is 10.1 Å². The minimum absolute atomic E-state index is 0.112. The van der Waals surface area contributed by atoms with Crippen molar-refractivity contribution in [1.29, 1.82) is 0 Å². The van der Waals surface area contributed by atoms with Crippen LogP contribution >= 0.6 is 0 Å². The van der Waals surface area contributed by atoms with Gasteiger partial charge in [0.15, 0.2) is 0 Å². The van der Waals surface area contributed by atoms with Crippen LogP contribution in [0.15, 0.2) is 36.5 Å². The molecular weight excluding hydrogens is 224 g/mol. The van der Waals surface area contributed by atoms with Crippen LogP contribution in [0.2, 0.25) is 0 Å². The second-order valence-corrected chi connectivity index (χ2v) is 5.35. The van der Waals surface area contributed by atoms with Crippen LogP contribution in [-0.2, 0) is 0 Å². The molecule has 0 aliphatic rings. The number of rotatable bonds is 5. The standard InChI is InChI=1S/C15H20N2O/c1-15(2,10-16-3)11-18-13-8-12-6-4-5-7-14(12)17-9-13/h4-9,16H,10-11H2,1-3H3. The number of benzene rings is 1. The Hall–Kier alpha value is -1.61. The molecule has 0 aliphatic carbocycles. The van der Waals surface area contributed by atoms with Crippen molar-refractivity contribution in [3.05, 3.63) is 36.5 Å². The molecule has 96 valence electrons. The quantitative estimate of drug-likeness (QED) is 0.878. The zero-order chi connectivity index (χ0) is 13.0. The first-order valence-corrected chi connectivity index (χ1v) is 6.23. The number of hydrogen-bond donors (Lipinski definition) is 1. The van der Waals surface area contributed by atoms with Gasteiger partial charge in [0.2, 0.25) is 0 Å². The van der Waals surface area contributed by atoms with Crippen molar-refractivity contribution in [2.75, 3.05) is 20.2 Å². The van der Waals surface area contributed by atoms with Gasteiger partial charge in [0.1, 0.15) is 5.75 Å². The van der Waals surface area contributed by atoms with Gasteiger partial charge >= 0.3 is 0 Å². The predicted molar refractivity (Wildman–Crippen MR) is 74.9 cm³/mol. The van der Waals surface area contributed by atoms with E-state index >= 15 is 0 Å². The number of nitrogens with one attached hydrogen (secondary N) is 1. The highest BCUT2D eigenvalue weighted by Crippen LogP contribution is 2.21. The maximum atomic E-state index is 5.83. The molecule has 2 rings (SSSR count). The second-order valence-electron chi connectivity index (χ2n) is 5.35. The van der Waals surface area contributed by atoms with Crippen LogP contribution in [0.25, 0.3) is 10.9 Å². The Morgan fingerprint density at radius 2 is 2.06 bits per heavy atom. The minimum Gasteiger partial charge on any atom is -0.491 e. The third kappa shape index (κ3) is 3.20. The molecule has 1 aromatic carbocycles. The summed E-state index contributed by atoms with van der Waals surface area (Å²) in [5, 5.41) is 4.29. The minimum atomic E-state index is 0.112. The van der Waals surface area contributed by atoms with Crippen molar-refractivity contribution in [3.63, 3.8) is 0 Å². The topological polar surface area (TPSA) is 34.1 Å². The van der Waals surface area contributed by atoms with Gasteiger partial charge in [-0.25, -0.2) is 0 Å². The third-order valence-electron chi connectivity index (χ3n) is 2.85. The lowest BCUT2D eigenvalue weighted by atomic mass is 9.95. The number of para-hydroxylation sites is 1. The summed E-state index contributed by atoms with van der Waals surface area (Å²) in [6.45, 7) is 5.96. The molecule has 0 atom stereocenters. The van der Waals surface area contributed by atoms with Crippen LogP contribution in [0, 0.1) is 5.41 Å². The van der Waals surface area contributed by atoms with E-state index < -0.39 is 0 Å².